The first kappa shape index (κ1) is 21.4. The number of amides is 2. The van der Waals surface area contributed by atoms with E-state index in [1.165, 1.54) is 25.4 Å². The normalized spacial score (nSPS) is 21.5. The monoisotopic (exact) mass is 425 g/mol. The SMILES string of the molecule is CC1(O)C[C@@H](C(=O)NCc2cc(-c3ccc(C(F)(F)F)nc3)ncn2)N(C(=O)O)C1. The van der Waals surface area contributed by atoms with E-state index in [1.807, 2.05) is 0 Å². The Labute approximate surface area is 168 Å². The third-order valence-electron chi connectivity index (χ3n) is 4.59. The molecule has 9 nitrogen and oxygen atoms in total. The van der Waals surface area contributed by atoms with Crippen molar-refractivity contribution < 1.29 is 33.0 Å². The molecule has 1 aliphatic heterocycles. The summed E-state index contributed by atoms with van der Waals surface area (Å²) >= 11 is 0. The molecule has 3 rings (SSSR count). The van der Waals surface area contributed by atoms with Crippen LogP contribution in [0.15, 0.2) is 30.7 Å². The summed E-state index contributed by atoms with van der Waals surface area (Å²) in [6.45, 7) is 1.21. The highest BCUT2D eigenvalue weighted by molar-refractivity contribution is 5.86. The number of hydrogen-bond donors (Lipinski definition) is 3. The van der Waals surface area contributed by atoms with Crippen LogP contribution in [0.3, 0.4) is 0 Å². The van der Waals surface area contributed by atoms with Crippen molar-refractivity contribution in [1.29, 1.82) is 0 Å². The van der Waals surface area contributed by atoms with Gasteiger partial charge in [-0.3, -0.25) is 14.7 Å². The maximum absolute atomic E-state index is 12.6. The van der Waals surface area contributed by atoms with E-state index in [2.05, 4.69) is 20.3 Å². The molecule has 1 unspecified atom stereocenters. The molecule has 2 aromatic heterocycles. The number of carbonyl (C=O) groups is 2. The van der Waals surface area contributed by atoms with E-state index < -0.39 is 35.5 Å². The molecule has 0 radical (unpaired) electrons. The molecule has 0 saturated carbocycles. The van der Waals surface area contributed by atoms with Gasteiger partial charge in [0, 0.05) is 18.2 Å². The predicted octanol–water partition coefficient (Wildman–Crippen LogP) is 1.68. The second-order valence-electron chi connectivity index (χ2n) is 7.17. The van der Waals surface area contributed by atoms with Gasteiger partial charge in [-0.15, -0.1) is 0 Å². The molecule has 1 saturated heterocycles. The minimum Gasteiger partial charge on any atom is -0.465 e. The van der Waals surface area contributed by atoms with Crippen molar-refractivity contribution in [3.63, 3.8) is 0 Å². The average molecular weight is 425 g/mol. The summed E-state index contributed by atoms with van der Waals surface area (Å²) in [6, 6.07) is 2.50. The highest BCUT2D eigenvalue weighted by Crippen LogP contribution is 2.29. The molecule has 2 atom stereocenters. The van der Waals surface area contributed by atoms with Crippen LogP contribution in [0.2, 0.25) is 0 Å². The third-order valence-corrected chi connectivity index (χ3v) is 4.59. The van der Waals surface area contributed by atoms with Crippen LogP contribution < -0.4 is 5.32 Å². The van der Waals surface area contributed by atoms with E-state index in [4.69, 9.17) is 0 Å². The fraction of sp³-hybridized carbons (Fsp3) is 0.389. The number of aromatic nitrogens is 3. The molecule has 0 bridgehead atoms. The van der Waals surface area contributed by atoms with Gasteiger partial charge in [0.25, 0.3) is 0 Å². The van der Waals surface area contributed by atoms with Gasteiger partial charge in [0.05, 0.1) is 30.1 Å². The molecule has 12 heteroatoms. The Morgan fingerprint density at radius 1 is 1.30 bits per heavy atom. The number of aliphatic hydroxyl groups is 1. The summed E-state index contributed by atoms with van der Waals surface area (Å²) in [5.41, 5.74) is -1.32. The second kappa shape index (κ2) is 7.86. The van der Waals surface area contributed by atoms with Gasteiger partial charge in [0.2, 0.25) is 5.91 Å². The molecule has 1 fully saturated rings. The number of halogens is 3. The zero-order chi connectivity index (χ0) is 22.1. The Morgan fingerprint density at radius 3 is 2.63 bits per heavy atom. The van der Waals surface area contributed by atoms with E-state index in [-0.39, 0.29) is 19.5 Å². The molecule has 3 N–H and O–H groups in total. The number of carboxylic acid groups (broad SMARTS) is 1. The number of pyridine rings is 1. The lowest BCUT2D eigenvalue weighted by Gasteiger charge is -2.20. The largest absolute Gasteiger partial charge is 0.465 e. The third kappa shape index (κ3) is 4.82. The lowest BCUT2D eigenvalue weighted by molar-refractivity contribution is -0.141. The van der Waals surface area contributed by atoms with Crippen LogP contribution in [-0.4, -0.2) is 60.3 Å². The van der Waals surface area contributed by atoms with E-state index in [0.717, 1.165) is 17.2 Å². The van der Waals surface area contributed by atoms with Crippen LogP contribution in [0.4, 0.5) is 18.0 Å². The number of likely N-dealkylation sites (tertiary alicyclic amines) is 1. The molecule has 2 amide bonds. The highest BCUT2D eigenvalue weighted by atomic mass is 19.4. The summed E-state index contributed by atoms with van der Waals surface area (Å²) in [6.07, 6.45) is -3.67. The van der Waals surface area contributed by atoms with Crippen molar-refractivity contribution in [2.75, 3.05) is 6.54 Å². The van der Waals surface area contributed by atoms with E-state index in [0.29, 0.717) is 17.0 Å². The zero-order valence-electron chi connectivity index (χ0n) is 15.7. The molecular formula is C18H18F3N5O4. The van der Waals surface area contributed by atoms with Gasteiger partial charge in [0.1, 0.15) is 18.1 Å². The molecule has 160 valence electrons. The van der Waals surface area contributed by atoms with Gasteiger partial charge < -0.3 is 15.5 Å². The number of rotatable bonds is 4. The number of carbonyl (C=O) groups excluding carboxylic acids is 1. The molecule has 2 aromatic rings. The lowest BCUT2D eigenvalue weighted by Crippen LogP contribution is -2.45. The Hall–Kier alpha value is -3.28. The Kier molecular flexibility index (Phi) is 5.61. The molecular weight excluding hydrogens is 407 g/mol. The highest BCUT2D eigenvalue weighted by Gasteiger charge is 2.45. The van der Waals surface area contributed by atoms with E-state index in [1.54, 1.807) is 0 Å². The van der Waals surface area contributed by atoms with E-state index in [9.17, 15) is 33.0 Å². The van der Waals surface area contributed by atoms with Crippen molar-refractivity contribution in [2.45, 2.75) is 37.7 Å². The molecule has 0 spiro atoms. The van der Waals surface area contributed by atoms with Gasteiger partial charge in [-0.2, -0.15) is 13.2 Å². The Bertz CT molecular complexity index is 950. The van der Waals surface area contributed by atoms with Gasteiger partial charge in [0.15, 0.2) is 0 Å². The van der Waals surface area contributed by atoms with Crippen molar-refractivity contribution in [3.8, 4) is 11.3 Å². The number of hydrogen-bond acceptors (Lipinski definition) is 6. The lowest BCUT2D eigenvalue weighted by atomic mass is 10.0. The summed E-state index contributed by atoms with van der Waals surface area (Å²) in [7, 11) is 0. The first-order valence-corrected chi connectivity index (χ1v) is 8.80. The number of alkyl halides is 3. The van der Waals surface area contributed by atoms with Crippen molar-refractivity contribution in [1.82, 2.24) is 25.2 Å². The van der Waals surface area contributed by atoms with Crippen LogP contribution in [-0.2, 0) is 17.5 Å². The standard InChI is InChI=1S/C18H18F3N5O4/c1-17(30)5-13(26(8-17)16(28)29)15(27)23-7-11-4-12(25-9-24-11)10-2-3-14(22-6-10)18(19,20)21/h2-4,6,9,13,30H,5,7-8H2,1H3,(H,23,27)(H,28,29)/t13-,17?/m0/s1. The zero-order valence-corrected chi connectivity index (χ0v) is 15.7. The molecule has 3 heterocycles. The van der Waals surface area contributed by atoms with Gasteiger partial charge >= 0.3 is 12.3 Å². The maximum Gasteiger partial charge on any atom is 0.433 e. The van der Waals surface area contributed by atoms with Crippen molar-refractivity contribution >= 4 is 12.0 Å². The fourth-order valence-corrected chi connectivity index (χ4v) is 3.16. The van der Waals surface area contributed by atoms with Crippen LogP contribution in [0.25, 0.3) is 11.3 Å². The number of nitrogens with zero attached hydrogens (tertiary/aromatic N) is 4. The summed E-state index contributed by atoms with van der Waals surface area (Å²) < 4.78 is 37.9. The van der Waals surface area contributed by atoms with Crippen LogP contribution in [0, 0.1) is 0 Å². The second-order valence-corrected chi connectivity index (χ2v) is 7.17. The van der Waals surface area contributed by atoms with Crippen LogP contribution in [0.5, 0.6) is 0 Å². The first-order chi connectivity index (χ1) is 14.0. The Morgan fingerprint density at radius 2 is 2.03 bits per heavy atom. The fourth-order valence-electron chi connectivity index (χ4n) is 3.16. The number of nitrogens with one attached hydrogen (secondary N) is 1. The Balaban J connectivity index is 1.68. The molecule has 0 aromatic carbocycles. The average Bonchev–Trinajstić information content (AvgIpc) is 3.02. The predicted molar refractivity (Wildman–Crippen MR) is 95.9 cm³/mol. The summed E-state index contributed by atoms with van der Waals surface area (Å²) in [5, 5.41) is 21.9. The van der Waals surface area contributed by atoms with Gasteiger partial charge in [-0.1, -0.05) is 0 Å². The molecule has 1 aliphatic rings. The summed E-state index contributed by atoms with van der Waals surface area (Å²) in [4.78, 5) is 36.0. The summed E-state index contributed by atoms with van der Waals surface area (Å²) in [5.74, 6) is -0.591. The minimum atomic E-state index is -4.55. The molecule has 30 heavy (non-hydrogen) atoms. The van der Waals surface area contributed by atoms with Gasteiger partial charge in [-0.05, 0) is 25.1 Å². The van der Waals surface area contributed by atoms with Crippen LogP contribution in [0.1, 0.15) is 24.7 Å². The van der Waals surface area contributed by atoms with Crippen molar-refractivity contribution in [2.24, 2.45) is 0 Å². The van der Waals surface area contributed by atoms with Gasteiger partial charge in [-0.25, -0.2) is 14.8 Å². The maximum atomic E-state index is 12.6. The number of β-amino-alcohol motifs (C(OH)–C–C–N with tert-alkyl or cyclic N) is 1. The first-order valence-electron chi connectivity index (χ1n) is 8.80. The molecule has 0 aliphatic carbocycles. The van der Waals surface area contributed by atoms with Crippen molar-refractivity contribution in [3.05, 3.63) is 42.1 Å². The quantitative estimate of drug-likeness (QED) is 0.680. The van der Waals surface area contributed by atoms with Crippen LogP contribution >= 0.6 is 0 Å². The van der Waals surface area contributed by atoms with E-state index >= 15 is 0 Å². The smallest absolute Gasteiger partial charge is 0.433 e. The topological polar surface area (TPSA) is 129 Å². The minimum absolute atomic E-state index is 0.0443.